The molecule has 5 heteroatoms. The highest BCUT2D eigenvalue weighted by molar-refractivity contribution is 5.77. The number of rotatable bonds is 4. The fraction of sp³-hybridized carbons (Fsp3) is 0.696. The molecule has 5 nitrogen and oxygen atoms in total. The lowest BCUT2D eigenvalue weighted by Crippen LogP contribution is -2.62. The van der Waals surface area contributed by atoms with Crippen LogP contribution in [0.2, 0.25) is 0 Å². The van der Waals surface area contributed by atoms with Crippen molar-refractivity contribution in [2.45, 2.75) is 75.8 Å². The molecule has 0 aromatic heterocycles. The minimum Gasteiger partial charge on any atom is -0.376 e. The third kappa shape index (κ3) is 3.60. The Bertz CT molecular complexity index is 696. The van der Waals surface area contributed by atoms with Crippen LogP contribution in [-0.4, -0.2) is 65.8 Å². The Morgan fingerprint density at radius 3 is 2.82 bits per heavy atom. The van der Waals surface area contributed by atoms with Crippen LogP contribution in [0.5, 0.6) is 0 Å². The van der Waals surface area contributed by atoms with E-state index in [2.05, 4.69) is 52.4 Å². The zero-order valence-electron chi connectivity index (χ0n) is 16.9. The number of carbonyl (C=O) groups is 1. The largest absolute Gasteiger partial charge is 0.376 e. The van der Waals surface area contributed by atoms with Gasteiger partial charge in [-0.3, -0.25) is 14.6 Å². The van der Waals surface area contributed by atoms with Crippen LogP contribution in [0.1, 0.15) is 44.6 Å². The molecule has 0 spiro atoms. The number of hydrogen-bond donors (Lipinski definition) is 1. The van der Waals surface area contributed by atoms with Gasteiger partial charge in [-0.15, -0.1) is 0 Å². The van der Waals surface area contributed by atoms with Crippen LogP contribution in [0.25, 0.3) is 0 Å². The number of ether oxygens (including phenoxy) is 1. The van der Waals surface area contributed by atoms with E-state index in [0.29, 0.717) is 24.5 Å². The predicted molar refractivity (Wildman–Crippen MR) is 109 cm³/mol. The molecule has 2 unspecified atom stereocenters. The van der Waals surface area contributed by atoms with Crippen LogP contribution in [0.3, 0.4) is 0 Å². The molecule has 4 fully saturated rings. The van der Waals surface area contributed by atoms with Crippen molar-refractivity contribution in [2.75, 3.05) is 19.7 Å². The number of hydrogen-bond acceptors (Lipinski definition) is 4. The Labute approximate surface area is 168 Å². The molecule has 0 radical (unpaired) electrons. The first-order chi connectivity index (χ1) is 13.7. The summed E-state index contributed by atoms with van der Waals surface area (Å²) < 4.78 is 5.72. The lowest BCUT2D eigenvalue weighted by molar-refractivity contribution is -0.131. The number of benzene rings is 1. The SMILES string of the molecule is C[C@@H]1CN(C2CC(=O)NC(N3[C@@H]4CC[C@@H](C4)[C@@H]3Cc3ccccc3)C2)CCO1. The van der Waals surface area contributed by atoms with E-state index < -0.39 is 0 Å². The first-order valence-corrected chi connectivity index (χ1v) is 11.1. The Kier molecular flexibility index (Phi) is 5.16. The van der Waals surface area contributed by atoms with Gasteiger partial charge in [0.2, 0.25) is 5.91 Å². The topological polar surface area (TPSA) is 44.8 Å². The van der Waals surface area contributed by atoms with Crippen molar-refractivity contribution in [1.82, 2.24) is 15.1 Å². The highest BCUT2D eigenvalue weighted by atomic mass is 16.5. The molecule has 6 atom stereocenters. The van der Waals surface area contributed by atoms with Gasteiger partial charge in [-0.2, -0.15) is 0 Å². The number of likely N-dealkylation sites (tertiary alicyclic amines) is 1. The monoisotopic (exact) mass is 383 g/mol. The molecule has 3 heterocycles. The highest BCUT2D eigenvalue weighted by Gasteiger charge is 2.50. The lowest BCUT2D eigenvalue weighted by atomic mass is 9.90. The number of nitrogens with one attached hydrogen (secondary N) is 1. The maximum Gasteiger partial charge on any atom is 0.222 e. The summed E-state index contributed by atoms with van der Waals surface area (Å²) in [4.78, 5) is 17.8. The van der Waals surface area contributed by atoms with Crippen LogP contribution < -0.4 is 5.32 Å². The summed E-state index contributed by atoms with van der Waals surface area (Å²) in [5.41, 5.74) is 1.42. The lowest BCUT2D eigenvalue weighted by Gasteiger charge is -2.47. The van der Waals surface area contributed by atoms with E-state index in [1.807, 2.05) is 0 Å². The zero-order chi connectivity index (χ0) is 19.1. The van der Waals surface area contributed by atoms with E-state index in [9.17, 15) is 4.79 Å². The minimum absolute atomic E-state index is 0.188. The summed E-state index contributed by atoms with van der Waals surface area (Å²) in [6, 6.07) is 12.4. The average Bonchev–Trinajstić information content (AvgIpc) is 3.30. The van der Waals surface area contributed by atoms with Crippen molar-refractivity contribution >= 4 is 5.91 Å². The highest BCUT2D eigenvalue weighted by Crippen LogP contribution is 2.45. The Morgan fingerprint density at radius 1 is 1.14 bits per heavy atom. The van der Waals surface area contributed by atoms with E-state index in [4.69, 9.17) is 4.74 Å². The van der Waals surface area contributed by atoms with Crippen molar-refractivity contribution in [3.05, 3.63) is 35.9 Å². The van der Waals surface area contributed by atoms with Gasteiger partial charge < -0.3 is 10.1 Å². The number of carbonyl (C=O) groups excluding carboxylic acids is 1. The van der Waals surface area contributed by atoms with Crippen molar-refractivity contribution < 1.29 is 9.53 Å². The van der Waals surface area contributed by atoms with Crippen LogP contribution in [0.15, 0.2) is 30.3 Å². The summed E-state index contributed by atoms with van der Waals surface area (Å²) in [6.07, 6.45) is 7.20. The molecular formula is C23H33N3O2. The van der Waals surface area contributed by atoms with Gasteiger partial charge >= 0.3 is 0 Å². The van der Waals surface area contributed by atoms with Crippen LogP contribution in [-0.2, 0) is 16.0 Å². The van der Waals surface area contributed by atoms with Gasteiger partial charge in [0.15, 0.2) is 0 Å². The molecule has 5 rings (SSSR count). The molecule has 1 amide bonds. The molecule has 152 valence electrons. The van der Waals surface area contributed by atoms with E-state index in [0.717, 1.165) is 38.5 Å². The van der Waals surface area contributed by atoms with Crippen LogP contribution >= 0.6 is 0 Å². The molecule has 3 saturated heterocycles. The molecule has 1 aromatic rings. The van der Waals surface area contributed by atoms with E-state index in [1.54, 1.807) is 0 Å². The van der Waals surface area contributed by atoms with Crippen molar-refractivity contribution in [3.63, 3.8) is 0 Å². The first kappa shape index (κ1) is 18.6. The summed E-state index contributed by atoms with van der Waals surface area (Å²) in [5.74, 6) is 1.01. The van der Waals surface area contributed by atoms with Gasteiger partial charge in [0.05, 0.1) is 18.9 Å². The smallest absolute Gasteiger partial charge is 0.222 e. The number of nitrogens with zero attached hydrogens (tertiary/aromatic N) is 2. The van der Waals surface area contributed by atoms with Crippen LogP contribution in [0.4, 0.5) is 0 Å². The molecule has 1 aromatic carbocycles. The molecule has 1 aliphatic carbocycles. The molecule has 3 aliphatic heterocycles. The molecule has 2 bridgehead atoms. The van der Waals surface area contributed by atoms with Gasteiger partial charge in [0.25, 0.3) is 0 Å². The van der Waals surface area contributed by atoms with Crippen molar-refractivity contribution in [1.29, 1.82) is 0 Å². The zero-order valence-corrected chi connectivity index (χ0v) is 16.9. The van der Waals surface area contributed by atoms with E-state index >= 15 is 0 Å². The van der Waals surface area contributed by atoms with Gasteiger partial charge in [0, 0.05) is 37.6 Å². The third-order valence-corrected chi connectivity index (χ3v) is 7.47. The van der Waals surface area contributed by atoms with Crippen LogP contribution in [0, 0.1) is 5.92 Å². The second-order valence-electron chi connectivity index (χ2n) is 9.28. The minimum atomic E-state index is 0.188. The number of morpholine rings is 1. The fourth-order valence-electron chi connectivity index (χ4n) is 6.25. The Balaban J connectivity index is 1.33. The van der Waals surface area contributed by atoms with E-state index in [1.165, 1.54) is 24.8 Å². The third-order valence-electron chi connectivity index (χ3n) is 7.47. The van der Waals surface area contributed by atoms with Gasteiger partial charge in [-0.05, 0) is 50.5 Å². The number of fused-ring (bicyclic) bond motifs is 2. The molecule has 1 saturated carbocycles. The fourth-order valence-corrected chi connectivity index (χ4v) is 6.25. The summed E-state index contributed by atoms with van der Waals surface area (Å²) >= 11 is 0. The van der Waals surface area contributed by atoms with Gasteiger partial charge in [-0.1, -0.05) is 30.3 Å². The molecule has 4 aliphatic rings. The quantitative estimate of drug-likeness (QED) is 0.867. The summed E-state index contributed by atoms with van der Waals surface area (Å²) in [6.45, 7) is 4.83. The predicted octanol–water partition coefficient (Wildman–Crippen LogP) is 2.41. The average molecular weight is 384 g/mol. The first-order valence-electron chi connectivity index (χ1n) is 11.1. The normalized spacial score (nSPS) is 39.2. The van der Waals surface area contributed by atoms with Gasteiger partial charge in [0.1, 0.15) is 0 Å². The molecule has 1 N–H and O–H groups in total. The second kappa shape index (κ2) is 7.77. The standard InChI is InChI=1S/C23H33N3O2/c1-16-15-25(9-10-28-16)20-13-22(24-23(27)14-20)26-19-8-7-18(12-19)21(26)11-17-5-3-2-4-6-17/h2-6,16,18-22H,7-15H2,1H3,(H,24,27)/t16-,18+,19-,20?,21+,22?/m1/s1. The summed E-state index contributed by atoms with van der Waals surface area (Å²) in [7, 11) is 0. The maximum atomic E-state index is 12.6. The van der Waals surface area contributed by atoms with Crippen molar-refractivity contribution in [2.24, 2.45) is 5.92 Å². The molecule has 28 heavy (non-hydrogen) atoms. The Hall–Kier alpha value is -1.43. The number of amides is 1. The number of piperidine rings is 2. The maximum absolute atomic E-state index is 12.6. The van der Waals surface area contributed by atoms with E-state index in [-0.39, 0.29) is 18.2 Å². The van der Waals surface area contributed by atoms with Crippen molar-refractivity contribution in [3.8, 4) is 0 Å². The second-order valence-corrected chi connectivity index (χ2v) is 9.28. The summed E-state index contributed by atoms with van der Waals surface area (Å²) in [5, 5.41) is 3.37. The Morgan fingerprint density at radius 2 is 2.00 bits per heavy atom. The molecular weight excluding hydrogens is 350 g/mol. The van der Waals surface area contributed by atoms with Gasteiger partial charge in [-0.25, -0.2) is 0 Å².